The van der Waals surface area contributed by atoms with Crippen LogP contribution in [0.25, 0.3) is 0 Å². The summed E-state index contributed by atoms with van der Waals surface area (Å²) in [6.07, 6.45) is 5.01. The normalized spacial score (nSPS) is 9.89. The predicted octanol–water partition coefficient (Wildman–Crippen LogP) is 1.07. The molecular weight excluding hydrogens is 116 g/mol. The Morgan fingerprint density at radius 1 is 1.78 bits per heavy atom. The molecule has 0 aliphatic carbocycles. The molecule has 0 unspecified atom stereocenters. The standard InChI is InChI=1S/C6H10N2O/c1-2-3-6-4-8(9)5-7-6/h4-5,9H,2-3H2,1H3. The molecule has 0 aromatic carbocycles. The Bertz CT molecular complexity index is 183. The molecule has 1 rings (SSSR count). The first-order chi connectivity index (χ1) is 4.33. The molecule has 0 amide bonds. The van der Waals surface area contributed by atoms with Gasteiger partial charge in [-0.1, -0.05) is 13.3 Å². The molecular formula is C6H10N2O. The van der Waals surface area contributed by atoms with Gasteiger partial charge in [-0.2, -0.15) is 4.73 Å². The second-order valence-corrected chi connectivity index (χ2v) is 2.00. The van der Waals surface area contributed by atoms with Gasteiger partial charge < -0.3 is 5.21 Å². The fourth-order valence-electron chi connectivity index (χ4n) is 0.738. The van der Waals surface area contributed by atoms with Crippen molar-refractivity contribution < 1.29 is 5.21 Å². The molecule has 0 radical (unpaired) electrons. The van der Waals surface area contributed by atoms with E-state index in [9.17, 15) is 0 Å². The molecule has 0 bridgehead atoms. The summed E-state index contributed by atoms with van der Waals surface area (Å²) < 4.78 is 0.977. The summed E-state index contributed by atoms with van der Waals surface area (Å²) in [5.41, 5.74) is 0.944. The molecule has 1 aromatic heterocycles. The number of hydrogen-bond acceptors (Lipinski definition) is 2. The van der Waals surface area contributed by atoms with Crippen LogP contribution in [0.5, 0.6) is 0 Å². The topological polar surface area (TPSA) is 38.0 Å². The van der Waals surface area contributed by atoms with Crippen molar-refractivity contribution in [3.05, 3.63) is 18.2 Å². The summed E-state index contributed by atoms with van der Waals surface area (Å²) in [4.78, 5) is 3.92. The SMILES string of the molecule is CCCc1cn(O)cn1. The Kier molecular flexibility index (Phi) is 1.72. The lowest BCUT2D eigenvalue weighted by Gasteiger charge is -1.85. The number of aromatic nitrogens is 2. The van der Waals surface area contributed by atoms with Crippen molar-refractivity contribution in [1.29, 1.82) is 0 Å². The molecule has 1 aromatic rings. The van der Waals surface area contributed by atoms with Gasteiger partial charge in [0.2, 0.25) is 0 Å². The lowest BCUT2D eigenvalue weighted by molar-refractivity contribution is 0.185. The third-order valence-corrected chi connectivity index (χ3v) is 1.13. The summed E-state index contributed by atoms with van der Waals surface area (Å²) in [7, 11) is 0. The van der Waals surface area contributed by atoms with E-state index >= 15 is 0 Å². The Morgan fingerprint density at radius 3 is 3.00 bits per heavy atom. The van der Waals surface area contributed by atoms with Crippen LogP contribution in [0.1, 0.15) is 19.0 Å². The van der Waals surface area contributed by atoms with Gasteiger partial charge >= 0.3 is 0 Å². The Hall–Kier alpha value is -0.990. The van der Waals surface area contributed by atoms with E-state index in [1.54, 1.807) is 6.20 Å². The quantitative estimate of drug-likeness (QED) is 0.602. The molecule has 0 fully saturated rings. The highest BCUT2D eigenvalue weighted by atomic mass is 16.5. The van der Waals surface area contributed by atoms with Crippen LogP contribution >= 0.6 is 0 Å². The number of hydrogen-bond donors (Lipinski definition) is 1. The summed E-state index contributed by atoms with van der Waals surface area (Å²) in [6.45, 7) is 2.08. The molecule has 0 atom stereocenters. The highest BCUT2D eigenvalue weighted by molar-refractivity contribution is 4.94. The largest absolute Gasteiger partial charge is 0.427 e. The van der Waals surface area contributed by atoms with Crippen LogP contribution in [-0.4, -0.2) is 14.9 Å². The zero-order valence-corrected chi connectivity index (χ0v) is 5.41. The van der Waals surface area contributed by atoms with Crippen molar-refractivity contribution >= 4 is 0 Å². The molecule has 50 valence electrons. The zero-order chi connectivity index (χ0) is 6.69. The van der Waals surface area contributed by atoms with Crippen molar-refractivity contribution in [3.8, 4) is 0 Å². The molecule has 3 heteroatoms. The van der Waals surface area contributed by atoms with Crippen molar-refractivity contribution in [1.82, 2.24) is 9.71 Å². The lowest BCUT2D eigenvalue weighted by Crippen LogP contribution is -1.82. The van der Waals surface area contributed by atoms with Gasteiger partial charge in [-0.25, -0.2) is 4.98 Å². The van der Waals surface area contributed by atoms with Crippen LogP contribution in [0, 0.1) is 0 Å². The van der Waals surface area contributed by atoms with Crippen molar-refractivity contribution in [2.75, 3.05) is 0 Å². The molecule has 9 heavy (non-hydrogen) atoms. The van der Waals surface area contributed by atoms with Crippen LogP contribution < -0.4 is 0 Å². The van der Waals surface area contributed by atoms with Gasteiger partial charge in [0.15, 0.2) is 0 Å². The number of imidazole rings is 1. The molecule has 3 nitrogen and oxygen atoms in total. The van der Waals surface area contributed by atoms with E-state index in [-0.39, 0.29) is 0 Å². The van der Waals surface area contributed by atoms with Crippen molar-refractivity contribution in [2.45, 2.75) is 19.8 Å². The van der Waals surface area contributed by atoms with Gasteiger partial charge in [0, 0.05) is 0 Å². The average Bonchev–Trinajstić information content (AvgIpc) is 2.17. The molecule has 0 saturated heterocycles. The first kappa shape index (κ1) is 6.13. The summed E-state index contributed by atoms with van der Waals surface area (Å²) >= 11 is 0. The first-order valence-electron chi connectivity index (χ1n) is 3.05. The molecule has 1 N–H and O–H groups in total. The van der Waals surface area contributed by atoms with Crippen LogP contribution in [0.15, 0.2) is 12.5 Å². The number of aryl methyl sites for hydroxylation is 1. The Labute approximate surface area is 53.9 Å². The minimum atomic E-state index is 0.938. The van der Waals surface area contributed by atoms with Gasteiger partial charge in [0.05, 0.1) is 11.9 Å². The van der Waals surface area contributed by atoms with Crippen LogP contribution in [0.2, 0.25) is 0 Å². The van der Waals surface area contributed by atoms with Crippen LogP contribution in [0.4, 0.5) is 0 Å². The van der Waals surface area contributed by atoms with E-state index in [0.29, 0.717) is 0 Å². The lowest BCUT2D eigenvalue weighted by atomic mass is 10.3. The maximum absolute atomic E-state index is 8.73. The van der Waals surface area contributed by atoms with Gasteiger partial charge in [-0.15, -0.1) is 0 Å². The van der Waals surface area contributed by atoms with E-state index in [1.807, 2.05) is 0 Å². The number of nitrogens with zero attached hydrogens (tertiary/aromatic N) is 2. The first-order valence-corrected chi connectivity index (χ1v) is 3.05. The van der Waals surface area contributed by atoms with Crippen LogP contribution in [-0.2, 0) is 6.42 Å². The van der Waals surface area contributed by atoms with Gasteiger partial charge in [-0.05, 0) is 6.42 Å². The average molecular weight is 126 g/mol. The van der Waals surface area contributed by atoms with E-state index in [0.717, 1.165) is 23.3 Å². The van der Waals surface area contributed by atoms with Gasteiger partial charge in [0.1, 0.15) is 6.33 Å². The van der Waals surface area contributed by atoms with Crippen LogP contribution in [0.3, 0.4) is 0 Å². The summed E-state index contributed by atoms with van der Waals surface area (Å²) in [6, 6.07) is 0. The van der Waals surface area contributed by atoms with Gasteiger partial charge in [-0.3, -0.25) is 0 Å². The van der Waals surface area contributed by atoms with E-state index < -0.39 is 0 Å². The molecule has 0 aliphatic rings. The Morgan fingerprint density at radius 2 is 2.56 bits per heavy atom. The summed E-state index contributed by atoms with van der Waals surface area (Å²) in [5, 5.41) is 8.73. The minimum absolute atomic E-state index is 0.938. The van der Waals surface area contributed by atoms with Crippen molar-refractivity contribution in [3.63, 3.8) is 0 Å². The fourth-order valence-corrected chi connectivity index (χ4v) is 0.738. The second kappa shape index (κ2) is 2.53. The predicted molar refractivity (Wildman–Crippen MR) is 33.4 cm³/mol. The number of rotatable bonds is 2. The third kappa shape index (κ3) is 1.45. The van der Waals surface area contributed by atoms with Gasteiger partial charge in [0.25, 0.3) is 0 Å². The smallest absolute Gasteiger partial charge is 0.131 e. The highest BCUT2D eigenvalue weighted by Gasteiger charge is 1.93. The second-order valence-electron chi connectivity index (χ2n) is 2.00. The zero-order valence-electron chi connectivity index (χ0n) is 5.41. The van der Waals surface area contributed by atoms with E-state index in [4.69, 9.17) is 5.21 Å². The maximum Gasteiger partial charge on any atom is 0.131 e. The monoisotopic (exact) mass is 126 g/mol. The van der Waals surface area contributed by atoms with E-state index in [1.165, 1.54) is 6.33 Å². The molecule has 0 saturated carbocycles. The Balaban J connectivity index is 2.61. The minimum Gasteiger partial charge on any atom is -0.427 e. The third-order valence-electron chi connectivity index (χ3n) is 1.13. The maximum atomic E-state index is 8.73. The fraction of sp³-hybridized carbons (Fsp3) is 0.500. The highest BCUT2D eigenvalue weighted by Crippen LogP contribution is 1.96. The molecule has 1 heterocycles. The molecule has 0 spiro atoms. The summed E-state index contributed by atoms with van der Waals surface area (Å²) in [5.74, 6) is 0. The van der Waals surface area contributed by atoms with Crippen molar-refractivity contribution in [2.24, 2.45) is 0 Å². The molecule has 0 aliphatic heterocycles. The van der Waals surface area contributed by atoms with E-state index in [2.05, 4.69) is 11.9 Å².